The van der Waals surface area contributed by atoms with Gasteiger partial charge in [-0.05, 0) is 37.3 Å². The summed E-state index contributed by atoms with van der Waals surface area (Å²) in [6.07, 6.45) is 3.58. The molecule has 0 aliphatic carbocycles. The smallest absolute Gasteiger partial charge is 0.226 e. The lowest BCUT2D eigenvalue weighted by Crippen LogP contribution is -2.47. The maximum absolute atomic E-state index is 4.86. The van der Waals surface area contributed by atoms with E-state index in [9.17, 15) is 0 Å². The van der Waals surface area contributed by atoms with E-state index in [0.717, 1.165) is 66.1 Å². The molecule has 1 aliphatic heterocycles. The number of anilines is 2. The first-order chi connectivity index (χ1) is 14.3. The molecule has 0 saturated carbocycles. The lowest BCUT2D eigenvalue weighted by Gasteiger charge is -2.35. The van der Waals surface area contributed by atoms with Crippen LogP contribution < -0.4 is 9.80 Å². The fourth-order valence-corrected chi connectivity index (χ4v) is 3.65. The van der Waals surface area contributed by atoms with Crippen LogP contribution in [0, 0.1) is 6.92 Å². The molecule has 0 bridgehead atoms. The zero-order valence-corrected chi connectivity index (χ0v) is 16.2. The number of pyridine rings is 1. The van der Waals surface area contributed by atoms with Gasteiger partial charge in [-0.3, -0.25) is 4.98 Å². The summed E-state index contributed by atoms with van der Waals surface area (Å²) in [5, 5.41) is 0. The van der Waals surface area contributed by atoms with Gasteiger partial charge in [0.15, 0.2) is 5.82 Å². The first-order valence-corrected chi connectivity index (χ1v) is 9.76. The lowest BCUT2D eigenvalue weighted by molar-refractivity contribution is 0.633. The molecule has 0 amide bonds. The molecule has 0 atom stereocenters. The minimum Gasteiger partial charge on any atom is -0.352 e. The largest absolute Gasteiger partial charge is 0.352 e. The van der Waals surface area contributed by atoms with E-state index in [1.165, 1.54) is 0 Å². The van der Waals surface area contributed by atoms with Crippen LogP contribution >= 0.6 is 0 Å². The Balaban J connectivity index is 1.34. The standard InChI is InChI=1S/C22H21N7/c1-16-21(26-19-8-3-2-7-18(19)25-16)28-12-14-29(15-13-28)22-24-11-9-20(27-22)17-6-4-5-10-23-17/h2-11H,12-15H2,1H3. The molecular formula is C22H21N7. The zero-order chi connectivity index (χ0) is 19.6. The van der Waals surface area contributed by atoms with E-state index in [1.54, 1.807) is 12.4 Å². The van der Waals surface area contributed by atoms with E-state index < -0.39 is 0 Å². The molecule has 29 heavy (non-hydrogen) atoms. The number of nitrogens with zero attached hydrogens (tertiary/aromatic N) is 7. The second kappa shape index (κ2) is 7.43. The van der Waals surface area contributed by atoms with Crippen molar-refractivity contribution in [2.75, 3.05) is 36.0 Å². The second-order valence-electron chi connectivity index (χ2n) is 7.05. The molecule has 7 heteroatoms. The van der Waals surface area contributed by atoms with Crippen molar-refractivity contribution in [1.29, 1.82) is 0 Å². The van der Waals surface area contributed by atoms with Gasteiger partial charge in [0.25, 0.3) is 0 Å². The predicted octanol–water partition coefficient (Wildman–Crippen LogP) is 3.12. The summed E-state index contributed by atoms with van der Waals surface area (Å²) in [6, 6.07) is 15.7. The molecule has 5 rings (SSSR count). The number of rotatable bonds is 3. The van der Waals surface area contributed by atoms with Crippen molar-refractivity contribution in [2.24, 2.45) is 0 Å². The number of aromatic nitrogens is 5. The molecule has 144 valence electrons. The Hall–Kier alpha value is -3.61. The summed E-state index contributed by atoms with van der Waals surface area (Å²) < 4.78 is 0. The van der Waals surface area contributed by atoms with Gasteiger partial charge in [-0.1, -0.05) is 18.2 Å². The van der Waals surface area contributed by atoms with E-state index in [2.05, 4.69) is 19.8 Å². The summed E-state index contributed by atoms with van der Waals surface area (Å²) in [5.41, 5.74) is 4.53. The van der Waals surface area contributed by atoms with Gasteiger partial charge >= 0.3 is 0 Å². The van der Waals surface area contributed by atoms with Crippen molar-refractivity contribution >= 4 is 22.8 Å². The first-order valence-electron chi connectivity index (χ1n) is 9.76. The third kappa shape index (κ3) is 3.47. The Bertz CT molecular complexity index is 1140. The monoisotopic (exact) mass is 383 g/mol. The van der Waals surface area contributed by atoms with Gasteiger partial charge in [0.2, 0.25) is 5.95 Å². The molecule has 7 nitrogen and oxygen atoms in total. The van der Waals surface area contributed by atoms with E-state index in [4.69, 9.17) is 15.0 Å². The lowest BCUT2D eigenvalue weighted by atomic mass is 10.2. The van der Waals surface area contributed by atoms with Crippen LogP contribution in [0.3, 0.4) is 0 Å². The van der Waals surface area contributed by atoms with Crippen LogP contribution in [0.1, 0.15) is 5.69 Å². The average molecular weight is 383 g/mol. The maximum atomic E-state index is 4.86. The Morgan fingerprint density at radius 2 is 1.38 bits per heavy atom. The van der Waals surface area contributed by atoms with Gasteiger partial charge in [0, 0.05) is 38.6 Å². The van der Waals surface area contributed by atoms with Crippen molar-refractivity contribution < 1.29 is 0 Å². The number of benzene rings is 1. The Labute approximate surface area is 169 Å². The molecule has 4 aromatic rings. The van der Waals surface area contributed by atoms with Crippen molar-refractivity contribution in [3.63, 3.8) is 0 Å². The number of hydrogen-bond acceptors (Lipinski definition) is 7. The molecule has 1 fully saturated rings. The van der Waals surface area contributed by atoms with Crippen LogP contribution in [0.15, 0.2) is 60.9 Å². The van der Waals surface area contributed by atoms with E-state index in [1.807, 2.05) is 55.5 Å². The predicted molar refractivity (Wildman–Crippen MR) is 114 cm³/mol. The topological polar surface area (TPSA) is 70.9 Å². The van der Waals surface area contributed by atoms with Gasteiger partial charge in [0.1, 0.15) is 0 Å². The molecular weight excluding hydrogens is 362 g/mol. The molecule has 1 saturated heterocycles. The number of aryl methyl sites for hydroxylation is 1. The van der Waals surface area contributed by atoms with Crippen LogP contribution in [0.4, 0.5) is 11.8 Å². The normalized spacial score (nSPS) is 14.4. The average Bonchev–Trinajstić information content (AvgIpc) is 2.79. The second-order valence-corrected chi connectivity index (χ2v) is 7.05. The molecule has 1 aliphatic rings. The Morgan fingerprint density at radius 3 is 2.14 bits per heavy atom. The first kappa shape index (κ1) is 17.5. The number of para-hydroxylation sites is 2. The SMILES string of the molecule is Cc1nc2ccccc2nc1N1CCN(c2nccc(-c3ccccn3)n2)CC1. The van der Waals surface area contributed by atoms with Crippen molar-refractivity contribution in [3.8, 4) is 11.4 Å². The number of piperazine rings is 1. The summed E-state index contributed by atoms with van der Waals surface area (Å²) in [7, 11) is 0. The summed E-state index contributed by atoms with van der Waals surface area (Å²) in [6.45, 7) is 5.40. The zero-order valence-electron chi connectivity index (χ0n) is 16.2. The molecule has 1 aromatic carbocycles. The summed E-state index contributed by atoms with van der Waals surface area (Å²) >= 11 is 0. The van der Waals surface area contributed by atoms with Crippen molar-refractivity contribution in [3.05, 3.63) is 66.6 Å². The van der Waals surface area contributed by atoms with Crippen LogP contribution in [0.5, 0.6) is 0 Å². The molecule has 0 N–H and O–H groups in total. The van der Waals surface area contributed by atoms with Gasteiger partial charge in [0.05, 0.1) is 28.1 Å². The third-order valence-electron chi connectivity index (χ3n) is 5.15. The van der Waals surface area contributed by atoms with Crippen LogP contribution in [-0.2, 0) is 0 Å². The Kier molecular flexibility index (Phi) is 4.48. The highest BCUT2D eigenvalue weighted by atomic mass is 15.3. The van der Waals surface area contributed by atoms with E-state index in [0.29, 0.717) is 0 Å². The number of fused-ring (bicyclic) bond motifs is 1. The van der Waals surface area contributed by atoms with E-state index in [-0.39, 0.29) is 0 Å². The molecule has 0 radical (unpaired) electrons. The quantitative estimate of drug-likeness (QED) is 0.538. The van der Waals surface area contributed by atoms with Crippen LogP contribution in [-0.4, -0.2) is 51.1 Å². The molecule has 3 aromatic heterocycles. The van der Waals surface area contributed by atoms with Crippen LogP contribution in [0.25, 0.3) is 22.4 Å². The molecule has 0 unspecified atom stereocenters. The van der Waals surface area contributed by atoms with E-state index >= 15 is 0 Å². The highest BCUT2D eigenvalue weighted by molar-refractivity contribution is 5.76. The van der Waals surface area contributed by atoms with Crippen molar-refractivity contribution in [1.82, 2.24) is 24.9 Å². The molecule has 4 heterocycles. The van der Waals surface area contributed by atoms with Gasteiger partial charge in [-0.2, -0.15) is 0 Å². The fourth-order valence-electron chi connectivity index (χ4n) is 3.65. The third-order valence-corrected chi connectivity index (χ3v) is 5.15. The number of hydrogen-bond donors (Lipinski definition) is 0. The summed E-state index contributed by atoms with van der Waals surface area (Å²) in [4.78, 5) is 27.7. The molecule has 0 spiro atoms. The summed E-state index contributed by atoms with van der Waals surface area (Å²) in [5.74, 6) is 1.71. The van der Waals surface area contributed by atoms with Gasteiger partial charge in [-0.15, -0.1) is 0 Å². The fraction of sp³-hybridized carbons (Fsp3) is 0.227. The van der Waals surface area contributed by atoms with Gasteiger partial charge < -0.3 is 9.80 Å². The maximum Gasteiger partial charge on any atom is 0.226 e. The van der Waals surface area contributed by atoms with Crippen LogP contribution in [0.2, 0.25) is 0 Å². The van der Waals surface area contributed by atoms with Gasteiger partial charge in [-0.25, -0.2) is 19.9 Å². The highest BCUT2D eigenvalue weighted by Crippen LogP contribution is 2.23. The van der Waals surface area contributed by atoms with Crippen molar-refractivity contribution in [2.45, 2.75) is 6.92 Å². The minimum absolute atomic E-state index is 0.745. The minimum atomic E-state index is 0.745. The highest BCUT2D eigenvalue weighted by Gasteiger charge is 2.22. The Morgan fingerprint density at radius 1 is 0.655 bits per heavy atom.